The van der Waals surface area contributed by atoms with Crippen LogP contribution in [0.25, 0.3) is 0 Å². The molecule has 0 spiro atoms. The van der Waals surface area contributed by atoms with Crippen molar-refractivity contribution in [1.82, 2.24) is 20.5 Å². The third kappa shape index (κ3) is 7.33. The predicted molar refractivity (Wildman–Crippen MR) is 130 cm³/mol. The molecule has 0 saturated carbocycles. The van der Waals surface area contributed by atoms with E-state index in [1.807, 2.05) is 0 Å². The first-order chi connectivity index (χ1) is 13.3. The van der Waals surface area contributed by atoms with Crippen molar-refractivity contribution < 1.29 is 0 Å². The van der Waals surface area contributed by atoms with E-state index in [1.54, 1.807) is 11.3 Å². The van der Waals surface area contributed by atoms with Crippen molar-refractivity contribution in [3.8, 4) is 0 Å². The topological polar surface area (TPSA) is 52.6 Å². The standard InChI is InChI=1S/C21H31N5S.HI/c1-3-20-24-19(16-27-20)14-23-21(22-4-2)25-18-10-12-26(13-11-18)15-17-8-6-5-7-9-17;/h5-9,16,18H,3-4,10-15H2,1-2H3,(H2,22,23,25);1H. The monoisotopic (exact) mass is 513 g/mol. The zero-order chi connectivity index (χ0) is 18.9. The molecular weight excluding hydrogens is 481 g/mol. The highest BCUT2D eigenvalue weighted by atomic mass is 127. The van der Waals surface area contributed by atoms with Crippen LogP contribution in [0.2, 0.25) is 0 Å². The largest absolute Gasteiger partial charge is 0.357 e. The second-order valence-corrected chi connectivity index (χ2v) is 7.90. The minimum absolute atomic E-state index is 0. The van der Waals surface area contributed by atoms with Gasteiger partial charge in [-0.25, -0.2) is 9.98 Å². The van der Waals surface area contributed by atoms with Gasteiger partial charge in [0.1, 0.15) is 0 Å². The van der Waals surface area contributed by atoms with Gasteiger partial charge in [0.2, 0.25) is 0 Å². The van der Waals surface area contributed by atoms with Gasteiger partial charge in [0.25, 0.3) is 0 Å². The number of likely N-dealkylation sites (tertiary alicyclic amines) is 1. The van der Waals surface area contributed by atoms with E-state index in [0.29, 0.717) is 12.6 Å². The average molecular weight is 513 g/mol. The van der Waals surface area contributed by atoms with Gasteiger partial charge in [-0.2, -0.15) is 0 Å². The summed E-state index contributed by atoms with van der Waals surface area (Å²) in [6, 6.07) is 11.2. The molecule has 0 bridgehead atoms. The molecule has 1 saturated heterocycles. The molecule has 1 aromatic heterocycles. The number of nitrogens with zero attached hydrogens (tertiary/aromatic N) is 3. The van der Waals surface area contributed by atoms with Crippen LogP contribution in [-0.4, -0.2) is 41.5 Å². The summed E-state index contributed by atoms with van der Waals surface area (Å²) < 4.78 is 0. The van der Waals surface area contributed by atoms with Crippen LogP contribution in [0.1, 0.15) is 43.0 Å². The predicted octanol–water partition coefficient (Wildman–Crippen LogP) is 4.04. The Bertz CT molecular complexity index is 711. The lowest BCUT2D eigenvalue weighted by molar-refractivity contribution is 0.198. The molecule has 5 nitrogen and oxygen atoms in total. The van der Waals surface area contributed by atoms with E-state index in [2.05, 4.69) is 70.1 Å². The summed E-state index contributed by atoms with van der Waals surface area (Å²) in [5, 5.41) is 10.3. The van der Waals surface area contributed by atoms with Crippen molar-refractivity contribution in [3.05, 3.63) is 52.0 Å². The fraction of sp³-hybridized carbons (Fsp3) is 0.524. The summed E-state index contributed by atoms with van der Waals surface area (Å²) in [5.74, 6) is 0.907. The van der Waals surface area contributed by atoms with Gasteiger partial charge in [-0.3, -0.25) is 4.90 Å². The number of benzene rings is 1. The fourth-order valence-corrected chi connectivity index (χ4v) is 4.07. The third-order valence-electron chi connectivity index (χ3n) is 4.82. The maximum atomic E-state index is 4.74. The van der Waals surface area contributed by atoms with E-state index in [-0.39, 0.29) is 24.0 Å². The highest BCUT2D eigenvalue weighted by Crippen LogP contribution is 2.14. The summed E-state index contributed by atoms with van der Waals surface area (Å²) in [7, 11) is 0. The number of rotatable bonds is 7. The number of aryl methyl sites for hydroxylation is 1. The number of nitrogens with one attached hydrogen (secondary N) is 2. The van der Waals surface area contributed by atoms with Crippen molar-refractivity contribution in [2.75, 3.05) is 19.6 Å². The Morgan fingerprint density at radius 2 is 1.96 bits per heavy atom. The lowest BCUT2D eigenvalue weighted by atomic mass is 10.0. The molecule has 154 valence electrons. The number of piperidine rings is 1. The van der Waals surface area contributed by atoms with E-state index in [4.69, 9.17) is 4.99 Å². The van der Waals surface area contributed by atoms with Crippen molar-refractivity contribution >= 4 is 41.3 Å². The number of hydrogen-bond acceptors (Lipinski definition) is 4. The molecule has 0 aliphatic carbocycles. The van der Waals surface area contributed by atoms with E-state index < -0.39 is 0 Å². The molecule has 1 aliphatic heterocycles. The Labute approximate surface area is 190 Å². The van der Waals surface area contributed by atoms with E-state index in [0.717, 1.165) is 57.1 Å². The first kappa shape index (κ1) is 23.1. The maximum absolute atomic E-state index is 4.74. The summed E-state index contributed by atoms with van der Waals surface area (Å²) in [4.78, 5) is 11.9. The first-order valence-corrected chi connectivity index (χ1v) is 10.9. The molecule has 1 aliphatic rings. The van der Waals surface area contributed by atoms with Crippen molar-refractivity contribution in [2.24, 2.45) is 4.99 Å². The van der Waals surface area contributed by atoms with E-state index >= 15 is 0 Å². The van der Waals surface area contributed by atoms with Crippen LogP contribution in [0.3, 0.4) is 0 Å². The number of thiazole rings is 1. The molecule has 2 heterocycles. The van der Waals surface area contributed by atoms with Gasteiger partial charge in [-0.1, -0.05) is 37.3 Å². The first-order valence-electron chi connectivity index (χ1n) is 10.0. The molecule has 1 fully saturated rings. The highest BCUT2D eigenvalue weighted by molar-refractivity contribution is 14.0. The second-order valence-electron chi connectivity index (χ2n) is 6.96. The lowest BCUT2D eigenvalue weighted by Gasteiger charge is -2.33. The molecule has 0 radical (unpaired) electrons. The average Bonchev–Trinajstić information content (AvgIpc) is 3.17. The maximum Gasteiger partial charge on any atom is 0.191 e. The van der Waals surface area contributed by atoms with Gasteiger partial charge in [-0.05, 0) is 31.7 Å². The Morgan fingerprint density at radius 1 is 1.21 bits per heavy atom. The number of halogens is 1. The minimum Gasteiger partial charge on any atom is -0.357 e. The Morgan fingerprint density at radius 3 is 2.61 bits per heavy atom. The molecular formula is C21H32IN5S. The summed E-state index contributed by atoms with van der Waals surface area (Å²) in [5.41, 5.74) is 2.46. The number of aliphatic imine (C=N–C) groups is 1. The molecule has 0 atom stereocenters. The Balaban J connectivity index is 0.00000280. The summed E-state index contributed by atoms with van der Waals surface area (Å²) in [6.07, 6.45) is 3.29. The van der Waals surface area contributed by atoms with Gasteiger partial charge in [-0.15, -0.1) is 35.3 Å². The van der Waals surface area contributed by atoms with E-state index in [9.17, 15) is 0 Å². The summed E-state index contributed by atoms with van der Waals surface area (Å²) in [6.45, 7) is 9.05. The second kappa shape index (κ2) is 12.4. The summed E-state index contributed by atoms with van der Waals surface area (Å²) >= 11 is 1.72. The number of aromatic nitrogens is 1. The van der Waals surface area contributed by atoms with Gasteiger partial charge in [0, 0.05) is 37.6 Å². The van der Waals surface area contributed by atoms with Crippen LogP contribution in [0.4, 0.5) is 0 Å². The zero-order valence-corrected chi connectivity index (χ0v) is 20.0. The molecule has 0 unspecified atom stereocenters. The molecule has 0 amide bonds. The van der Waals surface area contributed by atoms with Crippen molar-refractivity contribution in [1.29, 1.82) is 0 Å². The van der Waals surface area contributed by atoms with Crippen LogP contribution in [-0.2, 0) is 19.5 Å². The molecule has 3 rings (SSSR count). The van der Waals surface area contributed by atoms with E-state index in [1.165, 1.54) is 10.6 Å². The van der Waals surface area contributed by atoms with Crippen LogP contribution >= 0.6 is 35.3 Å². The van der Waals surface area contributed by atoms with Crippen LogP contribution in [0.5, 0.6) is 0 Å². The van der Waals surface area contributed by atoms with Gasteiger partial charge < -0.3 is 10.6 Å². The van der Waals surface area contributed by atoms with Gasteiger partial charge >= 0.3 is 0 Å². The SMILES string of the molecule is CCNC(=NCc1csc(CC)n1)NC1CCN(Cc2ccccc2)CC1.I. The number of guanidine groups is 1. The molecule has 7 heteroatoms. The Hall–Kier alpha value is -1.19. The lowest BCUT2D eigenvalue weighted by Crippen LogP contribution is -2.48. The smallest absolute Gasteiger partial charge is 0.191 e. The molecule has 2 aromatic rings. The normalized spacial score (nSPS) is 15.9. The molecule has 2 N–H and O–H groups in total. The van der Waals surface area contributed by atoms with Crippen molar-refractivity contribution in [3.63, 3.8) is 0 Å². The molecule has 28 heavy (non-hydrogen) atoms. The van der Waals surface area contributed by atoms with Gasteiger partial charge in [0.15, 0.2) is 5.96 Å². The van der Waals surface area contributed by atoms with Crippen molar-refractivity contribution in [2.45, 2.75) is 52.2 Å². The van der Waals surface area contributed by atoms with Crippen LogP contribution in [0.15, 0.2) is 40.7 Å². The zero-order valence-electron chi connectivity index (χ0n) is 16.9. The third-order valence-corrected chi connectivity index (χ3v) is 5.86. The Kier molecular flexibility index (Phi) is 10.2. The minimum atomic E-state index is 0. The van der Waals surface area contributed by atoms with Crippen LogP contribution in [0, 0.1) is 0 Å². The van der Waals surface area contributed by atoms with Gasteiger partial charge in [0.05, 0.1) is 17.2 Å². The fourth-order valence-electron chi connectivity index (χ4n) is 3.33. The highest BCUT2D eigenvalue weighted by Gasteiger charge is 2.20. The number of hydrogen-bond donors (Lipinski definition) is 2. The van der Waals surface area contributed by atoms with Crippen LogP contribution < -0.4 is 10.6 Å². The quantitative estimate of drug-likeness (QED) is 0.334. The molecule has 1 aromatic carbocycles.